The Morgan fingerprint density at radius 3 is 2.32 bits per heavy atom. The summed E-state index contributed by atoms with van der Waals surface area (Å²) in [7, 11) is 1.68. The number of nitrogens with zero attached hydrogens (tertiary/aromatic N) is 1. The van der Waals surface area contributed by atoms with Gasteiger partial charge >= 0.3 is 0 Å². The van der Waals surface area contributed by atoms with Gasteiger partial charge in [0, 0.05) is 17.8 Å². The molecule has 2 N–H and O–H groups in total. The zero-order valence-electron chi connectivity index (χ0n) is 15.4. The highest BCUT2D eigenvalue weighted by Gasteiger charge is 2.38. The Morgan fingerprint density at radius 1 is 1.04 bits per heavy atom. The summed E-state index contributed by atoms with van der Waals surface area (Å²) < 4.78 is 5.20. The van der Waals surface area contributed by atoms with Crippen LogP contribution in [0.3, 0.4) is 0 Å². The second-order valence-electron chi connectivity index (χ2n) is 7.37. The van der Waals surface area contributed by atoms with Gasteiger partial charge in [-0.1, -0.05) is 25.7 Å². The third kappa shape index (κ3) is 4.85. The Bertz CT molecular complexity index is 549. The minimum Gasteiger partial charge on any atom is -0.497 e. The van der Waals surface area contributed by atoms with E-state index >= 15 is 0 Å². The van der Waals surface area contributed by atoms with Crippen molar-refractivity contribution in [2.45, 2.75) is 56.9 Å². The van der Waals surface area contributed by atoms with Crippen molar-refractivity contribution in [1.82, 2.24) is 10.2 Å². The molecule has 0 radical (unpaired) electrons. The molecular formula is C20H31N3OS. The highest BCUT2D eigenvalue weighted by molar-refractivity contribution is 7.80. The van der Waals surface area contributed by atoms with Crippen LogP contribution in [0.25, 0.3) is 0 Å². The maximum atomic E-state index is 5.54. The predicted molar refractivity (Wildman–Crippen MR) is 108 cm³/mol. The van der Waals surface area contributed by atoms with E-state index in [9.17, 15) is 0 Å². The Kier molecular flexibility index (Phi) is 6.54. The van der Waals surface area contributed by atoms with E-state index in [-0.39, 0.29) is 0 Å². The molecule has 0 bridgehead atoms. The van der Waals surface area contributed by atoms with Crippen molar-refractivity contribution >= 4 is 23.0 Å². The topological polar surface area (TPSA) is 36.5 Å². The van der Waals surface area contributed by atoms with Gasteiger partial charge in [0.05, 0.1) is 7.11 Å². The average molecular weight is 362 g/mol. The third-order valence-electron chi connectivity index (χ3n) is 5.74. The van der Waals surface area contributed by atoms with Crippen molar-refractivity contribution < 1.29 is 4.74 Å². The summed E-state index contributed by atoms with van der Waals surface area (Å²) in [4.78, 5) is 2.75. The molecule has 0 amide bonds. The average Bonchev–Trinajstić information content (AvgIpc) is 2.68. The molecule has 2 fully saturated rings. The highest BCUT2D eigenvalue weighted by Crippen LogP contribution is 2.35. The van der Waals surface area contributed by atoms with E-state index in [4.69, 9.17) is 17.0 Å². The smallest absolute Gasteiger partial charge is 0.170 e. The molecule has 1 aliphatic carbocycles. The molecule has 1 aromatic carbocycles. The van der Waals surface area contributed by atoms with Gasteiger partial charge in [-0.05, 0) is 75.3 Å². The molecule has 3 rings (SSSR count). The number of methoxy groups -OCH3 is 1. The van der Waals surface area contributed by atoms with Crippen molar-refractivity contribution in [1.29, 1.82) is 0 Å². The molecule has 0 aromatic heterocycles. The lowest BCUT2D eigenvalue weighted by molar-refractivity contribution is 0.0371. The Morgan fingerprint density at radius 2 is 1.68 bits per heavy atom. The van der Waals surface area contributed by atoms with E-state index < -0.39 is 0 Å². The minimum atomic E-state index is 0.296. The molecule has 1 heterocycles. The van der Waals surface area contributed by atoms with Gasteiger partial charge in [0.2, 0.25) is 0 Å². The number of ether oxygens (including phenoxy) is 1. The van der Waals surface area contributed by atoms with Gasteiger partial charge in [0.15, 0.2) is 5.11 Å². The highest BCUT2D eigenvalue weighted by atomic mass is 32.1. The van der Waals surface area contributed by atoms with Crippen molar-refractivity contribution in [3.05, 3.63) is 24.3 Å². The monoisotopic (exact) mass is 361 g/mol. The van der Waals surface area contributed by atoms with Crippen LogP contribution >= 0.6 is 12.2 Å². The minimum absolute atomic E-state index is 0.296. The maximum Gasteiger partial charge on any atom is 0.170 e. The first-order chi connectivity index (χ1) is 12.2. The summed E-state index contributed by atoms with van der Waals surface area (Å²) in [5, 5.41) is 7.53. The van der Waals surface area contributed by atoms with E-state index in [0.29, 0.717) is 10.7 Å². The summed E-state index contributed by atoms with van der Waals surface area (Å²) in [6.07, 6.45) is 10.7. The Hall–Kier alpha value is -1.33. The lowest BCUT2D eigenvalue weighted by Gasteiger charge is -2.48. The van der Waals surface area contributed by atoms with Crippen molar-refractivity contribution in [3.8, 4) is 5.75 Å². The molecule has 2 aliphatic rings. The molecule has 4 nitrogen and oxygen atoms in total. The van der Waals surface area contributed by atoms with Crippen LogP contribution in [0.1, 0.15) is 51.4 Å². The molecule has 0 unspecified atom stereocenters. The standard InChI is InChI=1S/C20H31N3OS/c1-24-18-10-8-17(9-11-18)22-19(25)21-16-20(12-4-2-5-13-20)23-14-6-3-7-15-23/h8-11H,2-7,12-16H2,1H3,(H2,21,22,25). The van der Waals surface area contributed by atoms with Crippen LogP contribution in [-0.4, -0.2) is 42.3 Å². The van der Waals surface area contributed by atoms with Crippen LogP contribution in [0.2, 0.25) is 0 Å². The quantitative estimate of drug-likeness (QED) is 0.770. The van der Waals surface area contributed by atoms with E-state index in [2.05, 4.69) is 15.5 Å². The summed E-state index contributed by atoms with van der Waals surface area (Å²) in [5.74, 6) is 0.857. The Balaban J connectivity index is 1.57. The zero-order chi connectivity index (χ0) is 17.5. The molecule has 138 valence electrons. The first kappa shape index (κ1) is 18.5. The molecule has 25 heavy (non-hydrogen) atoms. The number of hydrogen-bond donors (Lipinski definition) is 2. The predicted octanol–water partition coefficient (Wildman–Crippen LogP) is 4.17. The van der Waals surface area contributed by atoms with Crippen LogP contribution < -0.4 is 15.4 Å². The summed E-state index contributed by atoms with van der Waals surface area (Å²) >= 11 is 5.54. The number of rotatable bonds is 5. The molecule has 5 heteroatoms. The Labute approximate surface area is 157 Å². The van der Waals surface area contributed by atoms with Gasteiger partial charge in [-0.25, -0.2) is 0 Å². The molecule has 0 atom stereocenters. The van der Waals surface area contributed by atoms with Gasteiger partial charge in [-0.2, -0.15) is 0 Å². The number of nitrogens with one attached hydrogen (secondary N) is 2. The fourth-order valence-corrected chi connectivity index (χ4v) is 4.47. The number of anilines is 1. The molecule has 0 spiro atoms. The van der Waals surface area contributed by atoms with Gasteiger partial charge in [0.25, 0.3) is 0 Å². The summed E-state index contributed by atoms with van der Waals surface area (Å²) in [5.41, 5.74) is 1.29. The van der Waals surface area contributed by atoms with Crippen LogP contribution in [0.5, 0.6) is 5.75 Å². The van der Waals surface area contributed by atoms with Gasteiger partial charge < -0.3 is 15.4 Å². The van der Waals surface area contributed by atoms with Gasteiger partial charge in [0.1, 0.15) is 5.75 Å². The van der Waals surface area contributed by atoms with Crippen LogP contribution in [0.4, 0.5) is 5.69 Å². The van der Waals surface area contributed by atoms with Gasteiger partial charge in [-0.3, -0.25) is 4.90 Å². The van der Waals surface area contributed by atoms with Crippen LogP contribution in [0.15, 0.2) is 24.3 Å². The van der Waals surface area contributed by atoms with Crippen LogP contribution in [-0.2, 0) is 0 Å². The van der Waals surface area contributed by atoms with Crippen molar-refractivity contribution in [2.75, 3.05) is 32.1 Å². The number of likely N-dealkylation sites (tertiary alicyclic amines) is 1. The van der Waals surface area contributed by atoms with E-state index in [1.807, 2.05) is 24.3 Å². The lowest BCUT2D eigenvalue weighted by Crippen LogP contribution is -2.58. The molecule has 1 aromatic rings. The lowest BCUT2D eigenvalue weighted by atomic mass is 9.79. The maximum absolute atomic E-state index is 5.54. The normalized spacial score (nSPS) is 20.7. The molecule has 1 saturated heterocycles. The number of piperidine rings is 1. The number of benzene rings is 1. The third-order valence-corrected chi connectivity index (χ3v) is 5.98. The fourth-order valence-electron chi connectivity index (χ4n) is 4.28. The number of hydrogen-bond acceptors (Lipinski definition) is 3. The van der Waals surface area contributed by atoms with Crippen molar-refractivity contribution in [3.63, 3.8) is 0 Å². The van der Waals surface area contributed by atoms with Gasteiger partial charge in [-0.15, -0.1) is 0 Å². The molecular weight excluding hydrogens is 330 g/mol. The van der Waals surface area contributed by atoms with E-state index in [1.165, 1.54) is 64.5 Å². The number of thiocarbonyl (C=S) groups is 1. The largest absolute Gasteiger partial charge is 0.497 e. The first-order valence-electron chi connectivity index (χ1n) is 9.66. The first-order valence-corrected chi connectivity index (χ1v) is 10.1. The van der Waals surface area contributed by atoms with Crippen LogP contribution in [0, 0.1) is 0 Å². The molecule has 1 aliphatic heterocycles. The molecule has 1 saturated carbocycles. The van der Waals surface area contributed by atoms with Crippen molar-refractivity contribution in [2.24, 2.45) is 0 Å². The fraction of sp³-hybridized carbons (Fsp3) is 0.650. The zero-order valence-corrected chi connectivity index (χ0v) is 16.2. The van der Waals surface area contributed by atoms with E-state index in [0.717, 1.165) is 18.0 Å². The SMILES string of the molecule is COc1ccc(NC(=S)NCC2(N3CCCCC3)CCCCC2)cc1. The second-order valence-corrected chi connectivity index (χ2v) is 7.78. The second kappa shape index (κ2) is 8.86. The summed E-state index contributed by atoms with van der Waals surface area (Å²) in [6.45, 7) is 3.45. The summed E-state index contributed by atoms with van der Waals surface area (Å²) in [6, 6.07) is 7.88. The van der Waals surface area contributed by atoms with E-state index in [1.54, 1.807) is 7.11 Å².